The Hall–Kier alpha value is -0.510. The SMILES string of the molecule is Cc1ccc(C(NN)C2CCCCS2)cc1C. The fourth-order valence-electron chi connectivity index (χ4n) is 2.40. The summed E-state index contributed by atoms with van der Waals surface area (Å²) >= 11 is 2.06. The first-order valence-corrected chi connectivity index (χ1v) is 7.42. The molecule has 0 aliphatic carbocycles. The summed E-state index contributed by atoms with van der Waals surface area (Å²) in [5.74, 6) is 7.03. The lowest BCUT2D eigenvalue weighted by molar-refractivity contribution is 0.491. The van der Waals surface area contributed by atoms with Gasteiger partial charge in [-0.15, -0.1) is 0 Å². The maximum Gasteiger partial charge on any atom is 0.0578 e. The van der Waals surface area contributed by atoms with Crippen LogP contribution in [-0.2, 0) is 0 Å². The minimum Gasteiger partial charge on any atom is -0.271 e. The molecule has 2 unspecified atom stereocenters. The molecule has 1 aliphatic rings. The Balaban J connectivity index is 2.18. The van der Waals surface area contributed by atoms with Crippen LogP contribution < -0.4 is 11.3 Å². The standard InChI is InChI=1S/C14H22N2S/c1-10-6-7-12(9-11(10)2)14(16-15)13-5-3-4-8-17-13/h6-7,9,13-14,16H,3-5,8,15H2,1-2H3. The van der Waals surface area contributed by atoms with Crippen LogP contribution in [0.2, 0.25) is 0 Å². The van der Waals surface area contributed by atoms with E-state index in [0.717, 1.165) is 0 Å². The van der Waals surface area contributed by atoms with E-state index in [2.05, 4.69) is 49.2 Å². The molecule has 1 aromatic carbocycles. The van der Waals surface area contributed by atoms with Crippen molar-refractivity contribution in [2.75, 3.05) is 5.75 Å². The molecular weight excluding hydrogens is 228 g/mol. The Kier molecular flexibility index (Phi) is 4.48. The molecule has 17 heavy (non-hydrogen) atoms. The summed E-state index contributed by atoms with van der Waals surface area (Å²) in [6.07, 6.45) is 3.96. The number of aryl methyl sites for hydroxylation is 2. The maximum atomic E-state index is 5.76. The fraction of sp³-hybridized carbons (Fsp3) is 0.571. The Morgan fingerprint density at radius 2 is 2.12 bits per heavy atom. The minimum atomic E-state index is 0.291. The van der Waals surface area contributed by atoms with E-state index < -0.39 is 0 Å². The molecule has 0 spiro atoms. The predicted molar refractivity (Wildman–Crippen MR) is 76.1 cm³/mol. The van der Waals surface area contributed by atoms with Crippen LogP contribution in [0.25, 0.3) is 0 Å². The largest absolute Gasteiger partial charge is 0.271 e. The first kappa shape index (κ1) is 12.9. The van der Waals surface area contributed by atoms with Crippen molar-refractivity contribution in [3.05, 3.63) is 34.9 Å². The summed E-state index contributed by atoms with van der Waals surface area (Å²) < 4.78 is 0. The van der Waals surface area contributed by atoms with Gasteiger partial charge in [0.05, 0.1) is 6.04 Å². The molecular formula is C14H22N2S. The Labute approximate surface area is 108 Å². The van der Waals surface area contributed by atoms with Gasteiger partial charge in [0.15, 0.2) is 0 Å². The van der Waals surface area contributed by atoms with E-state index in [1.165, 1.54) is 41.7 Å². The van der Waals surface area contributed by atoms with Crippen molar-refractivity contribution in [2.24, 2.45) is 5.84 Å². The molecule has 94 valence electrons. The second kappa shape index (κ2) is 5.89. The zero-order valence-corrected chi connectivity index (χ0v) is 11.5. The van der Waals surface area contributed by atoms with Crippen molar-refractivity contribution in [1.29, 1.82) is 0 Å². The average molecular weight is 250 g/mol. The van der Waals surface area contributed by atoms with Gasteiger partial charge in [-0.25, -0.2) is 0 Å². The third-order valence-corrected chi connectivity index (χ3v) is 5.12. The van der Waals surface area contributed by atoms with Gasteiger partial charge in [0.1, 0.15) is 0 Å². The number of benzene rings is 1. The third kappa shape index (κ3) is 3.03. The summed E-state index contributed by atoms with van der Waals surface area (Å²) in [7, 11) is 0. The van der Waals surface area contributed by atoms with E-state index in [4.69, 9.17) is 5.84 Å². The van der Waals surface area contributed by atoms with Crippen molar-refractivity contribution in [3.8, 4) is 0 Å². The molecule has 1 fully saturated rings. The molecule has 3 N–H and O–H groups in total. The number of hydrogen-bond donors (Lipinski definition) is 2. The molecule has 2 rings (SSSR count). The van der Waals surface area contributed by atoms with Gasteiger partial charge in [-0.3, -0.25) is 11.3 Å². The molecule has 0 radical (unpaired) electrons. The van der Waals surface area contributed by atoms with Gasteiger partial charge >= 0.3 is 0 Å². The Morgan fingerprint density at radius 3 is 2.71 bits per heavy atom. The molecule has 1 saturated heterocycles. The van der Waals surface area contributed by atoms with Gasteiger partial charge in [0.25, 0.3) is 0 Å². The van der Waals surface area contributed by atoms with Gasteiger partial charge < -0.3 is 0 Å². The summed E-state index contributed by atoms with van der Waals surface area (Å²) in [5, 5.41) is 0.621. The quantitative estimate of drug-likeness (QED) is 0.639. The highest BCUT2D eigenvalue weighted by atomic mass is 32.2. The molecule has 0 aromatic heterocycles. The molecule has 0 saturated carbocycles. The molecule has 3 heteroatoms. The first-order valence-electron chi connectivity index (χ1n) is 6.37. The van der Waals surface area contributed by atoms with Crippen molar-refractivity contribution in [2.45, 2.75) is 44.4 Å². The zero-order valence-electron chi connectivity index (χ0n) is 10.7. The van der Waals surface area contributed by atoms with E-state index in [9.17, 15) is 0 Å². The minimum absolute atomic E-state index is 0.291. The predicted octanol–water partition coefficient (Wildman–Crippen LogP) is 3.09. The molecule has 2 nitrogen and oxygen atoms in total. The molecule has 0 amide bonds. The average Bonchev–Trinajstić information content (AvgIpc) is 2.36. The van der Waals surface area contributed by atoms with Crippen LogP contribution in [0, 0.1) is 13.8 Å². The van der Waals surface area contributed by atoms with Gasteiger partial charge in [0, 0.05) is 5.25 Å². The Bertz CT molecular complexity index is 372. The molecule has 0 bridgehead atoms. The van der Waals surface area contributed by atoms with Crippen molar-refractivity contribution in [1.82, 2.24) is 5.43 Å². The third-order valence-electron chi connectivity index (χ3n) is 3.66. The van der Waals surface area contributed by atoms with Crippen LogP contribution in [0.4, 0.5) is 0 Å². The number of nitrogens with two attached hydrogens (primary N) is 1. The van der Waals surface area contributed by atoms with Crippen LogP contribution in [0.1, 0.15) is 42.0 Å². The summed E-state index contributed by atoms with van der Waals surface area (Å²) in [4.78, 5) is 0. The highest BCUT2D eigenvalue weighted by Gasteiger charge is 2.24. The lowest BCUT2D eigenvalue weighted by Gasteiger charge is -2.30. The van der Waals surface area contributed by atoms with E-state index in [1.807, 2.05) is 0 Å². The number of hydrazine groups is 1. The van der Waals surface area contributed by atoms with E-state index in [1.54, 1.807) is 0 Å². The molecule has 1 aliphatic heterocycles. The van der Waals surface area contributed by atoms with Crippen LogP contribution in [0.5, 0.6) is 0 Å². The normalized spacial score (nSPS) is 22.4. The van der Waals surface area contributed by atoms with Gasteiger partial charge in [0.2, 0.25) is 0 Å². The smallest absolute Gasteiger partial charge is 0.0578 e. The van der Waals surface area contributed by atoms with Crippen LogP contribution in [0.3, 0.4) is 0 Å². The van der Waals surface area contributed by atoms with E-state index in [-0.39, 0.29) is 0 Å². The number of rotatable bonds is 3. The molecule has 2 atom stereocenters. The highest BCUT2D eigenvalue weighted by molar-refractivity contribution is 8.00. The highest BCUT2D eigenvalue weighted by Crippen LogP contribution is 2.34. The van der Waals surface area contributed by atoms with Gasteiger partial charge in [-0.2, -0.15) is 11.8 Å². The lowest BCUT2D eigenvalue weighted by Crippen LogP contribution is -2.36. The summed E-state index contributed by atoms with van der Waals surface area (Å²) in [5.41, 5.74) is 7.04. The fourth-order valence-corrected chi connectivity index (χ4v) is 3.84. The summed E-state index contributed by atoms with van der Waals surface area (Å²) in [6, 6.07) is 6.97. The number of hydrogen-bond acceptors (Lipinski definition) is 3. The van der Waals surface area contributed by atoms with E-state index >= 15 is 0 Å². The Morgan fingerprint density at radius 1 is 1.29 bits per heavy atom. The van der Waals surface area contributed by atoms with Crippen molar-refractivity contribution < 1.29 is 0 Å². The van der Waals surface area contributed by atoms with Gasteiger partial charge in [-0.1, -0.05) is 24.6 Å². The second-order valence-corrected chi connectivity index (χ2v) is 6.24. The van der Waals surface area contributed by atoms with Crippen molar-refractivity contribution in [3.63, 3.8) is 0 Å². The first-order chi connectivity index (χ1) is 8.22. The topological polar surface area (TPSA) is 38.0 Å². The molecule has 1 aromatic rings. The van der Waals surface area contributed by atoms with Crippen LogP contribution in [-0.4, -0.2) is 11.0 Å². The maximum absolute atomic E-state index is 5.76. The lowest BCUT2D eigenvalue weighted by atomic mass is 9.97. The van der Waals surface area contributed by atoms with Crippen LogP contribution in [0.15, 0.2) is 18.2 Å². The number of nitrogens with one attached hydrogen (secondary N) is 1. The van der Waals surface area contributed by atoms with Crippen molar-refractivity contribution >= 4 is 11.8 Å². The number of thioether (sulfide) groups is 1. The van der Waals surface area contributed by atoms with Gasteiger partial charge in [-0.05, 0) is 49.1 Å². The van der Waals surface area contributed by atoms with E-state index in [0.29, 0.717) is 11.3 Å². The van der Waals surface area contributed by atoms with Crippen LogP contribution >= 0.6 is 11.8 Å². The zero-order chi connectivity index (χ0) is 12.3. The molecule has 1 heterocycles. The monoisotopic (exact) mass is 250 g/mol. The summed E-state index contributed by atoms with van der Waals surface area (Å²) in [6.45, 7) is 4.32. The second-order valence-electron chi connectivity index (χ2n) is 4.89.